The van der Waals surface area contributed by atoms with Crippen molar-refractivity contribution in [1.82, 2.24) is 36.4 Å². The van der Waals surface area contributed by atoms with Crippen molar-refractivity contribution in [3.8, 4) is 5.75 Å². The fraction of sp³-hybridized carbons (Fsp3) is 0.763. The van der Waals surface area contributed by atoms with Crippen molar-refractivity contribution in [3.05, 3.63) is 29.8 Å². The molecule has 3 fully saturated rings. The molecule has 7 unspecified atom stereocenters. The van der Waals surface area contributed by atoms with Crippen molar-refractivity contribution >= 4 is 47.3 Å². The van der Waals surface area contributed by atoms with E-state index in [9.17, 15) is 79.2 Å². The molecule has 0 aromatic heterocycles. The van der Waals surface area contributed by atoms with Crippen LogP contribution in [0.1, 0.15) is 129 Å². The average molecular weight is 1260 g/mol. The Hall–Kier alpha value is -5.70. The van der Waals surface area contributed by atoms with Crippen LogP contribution in [0.25, 0.3) is 0 Å². The van der Waals surface area contributed by atoms with Crippen molar-refractivity contribution in [2.24, 2.45) is 17.6 Å². The van der Waals surface area contributed by atoms with Crippen LogP contribution in [0.3, 0.4) is 0 Å². The van der Waals surface area contributed by atoms with Gasteiger partial charge in [-0.1, -0.05) is 77.8 Å². The highest BCUT2D eigenvalue weighted by molar-refractivity contribution is 5.98. The monoisotopic (exact) mass is 1250 g/mol. The number of aliphatic hydroxyl groups excluding tert-OH is 7. The van der Waals surface area contributed by atoms with Crippen molar-refractivity contribution in [1.29, 1.82) is 0 Å². The summed E-state index contributed by atoms with van der Waals surface area (Å²) in [5, 5.41) is 102. The number of nitrogens with two attached hydrogens (primary N) is 1. The first kappa shape index (κ1) is 74.8. The van der Waals surface area contributed by atoms with Crippen LogP contribution >= 0.6 is 0 Å². The Morgan fingerprint density at radius 2 is 1.26 bits per heavy atom. The summed E-state index contributed by atoms with van der Waals surface area (Å²) < 4.78 is 27.4. The first-order valence-corrected chi connectivity index (χ1v) is 30.7. The van der Waals surface area contributed by atoms with Crippen molar-refractivity contribution in [3.63, 3.8) is 0 Å². The second kappa shape index (κ2) is 38.8. The molecule has 1 aromatic rings. The molecule has 0 spiro atoms. The SMILES string of the molecule is CCC(C)CC(C)CCCCCCCCC(=O)N[C@H]1C[C@@H](O)[C@@H](OCCOCCOCCOCCOC)NC(=O)C2[C@@H](O)CCN2C(=O)C([C@H](O)CC(N)=O)NC(=O)C([C@H](O)[C@@H](O)c2ccc(O)cc2)NC(=O)C2C[C@@H](O)CN2C(=O)C([C@@H](C)O)NC1=O. The number of phenols is 1. The minimum atomic E-state index is -2.37. The smallest absolute Gasteiger partial charge is 0.248 e. The highest BCUT2D eigenvalue weighted by Gasteiger charge is 2.49. The maximum Gasteiger partial charge on any atom is 0.248 e. The third-order valence-corrected chi connectivity index (χ3v) is 16.0. The number of unbranched alkanes of at least 4 members (excludes halogenated alkanes) is 5. The van der Waals surface area contributed by atoms with E-state index in [1.165, 1.54) is 18.6 Å². The molecule has 3 heterocycles. The molecule has 4 rings (SSSR count). The first-order chi connectivity index (χ1) is 41.9. The molecule has 3 saturated heterocycles. The third kappa shape index (κ3) is 24.3. The molecule has 0 saturated carbocycles. The lowest BCUT2D eigenvalue weighted by Gasteiger charge is -2.34. The number of hydrogen-bond donors (Lipinski definition) is 14. The number of nitrogens with zero attached hydrogens (tertiary/aromatic N) is 2. The Morgan fingerprint density at radius 1 is 0.682 bits per heavy atom. The number of ether oxygens (including phenoxy) is 5. The lowest BCUT2D eigenvalue weighted by Crippen LogP contribution is -2.64. The number of nitrogens with one attached hydrogen (secondary N) is 5. The number of aliphatic hydroxyl groups is 7. The van der Waals surface area contributed by atoms with E-state index < -0.39 is 165 Å². The lowest BCUT2D eigenvalue weighted by molar-refractivity contribution is -0.150. The summed E-state index contributed by atoms with van der Waals surface area (Å²) in [6, 6.07) is -7.37. The van der Waals surface area contributed by atoms with Gasteiger partial charge in [-0.25, -0.2) is 0 Å². The maximum absolute atomic E-state index is 14.8. The summed E-state index contributed by atoms with van der Waals surface area (Å²) >= 11 is 0. The highest BCUT2D eigenvalue weighted by Crippen LogP contribution is 2.27. The van der Waals surface area contributed by atoms with Crippen LogP contribution in [0.4, 0.5) is 0 Å². The Balaban J connectivity index is 1.74. The van der Waals surface area contributed by atoms with Gasteiger partial charge >= 0.3 is 0 Å². The number of carbonyl (C=O) groups excluding carboxylic acids is 8. The number of primary amides is 1. The summed E-state index contributed by atoms with van der Waals surface area (Å²) in [6.07, 6.45) is -9.65. The number of benzene rings is 1. The van der Waals surface area contributed by atoms with Crippen molar-refractivity contribution in [2.75, 3.05) is 73.1 Å². The number of rotatable bonds is 33. The zero-order valence-electron chi connectivity index (χ0n) is 51.4. The summed E-state index contributed by atoms with van der Waals surface area (Å²) in [7, 11) is 1.54. The van der Waals surface area contributed by atoms with Crippen LogP contribution in [0, 0.1) is 11.8 Å². The van der Waals surface area contributed by atoms with Gasteiger partial charge in [0.2, 0.25) is 47.3 Å². The number of aromatic hydroxyl groups is 1. The molecule has 0 radical (unpaired) electrons. The number of phenolic OH excluding ortho intramolecular Hbond substituents is 1. The molecule has 3 aliphatic heterocycles. The molecule has 15 N–H and O–H groups in total. The van der Waals surface area contributed by atoms with Gasteiger partial charge < -0.3 is 107 Å². The van der Waals surface area contributed by atoms with E-state index in [1.807, 2.05) is 0 Å². The van der Waals surface area contributed by atoms with E-state index in [2.05, 4.69) is 47.4 Å². The average Bonchev–Trinajstić information content (AvgIpc) is 3.61. The van der Waals surface area contributed by atoms with Gasteiger partial charge in [-0.15, -0.1) is 0 Å². The van der Waals surface area contributed by atoms with Gasteiger partial charge in [0.1, 0.15) is 60.3 Å². The van der Waals surface area contributed by atoms with Gasteiger partial charge in [-0.2, -0.15) is 0 Å². The number of hydrogen-bond acceptors (Lipinski definition) is 21. The van der Waals surface area contributed by atoms with Crippen LogP contribution in [-0.2, 0) is 62.0 Å². The largest absolute Gasteiger partial charge is 0.508 e. The molecular weight excluding hydrogens is 1160 g/mol. The quantitative estimate of drug-likeness (QED) is 0.0320. The van der Waals surface area contributed by atoms with Gasteiger partial charge in [0.05, 0.1) is 83.7 Å². The van der Waals surface area contributed by atoms with Crippen LogP contribution in [0.2, 0.25) is 0 Å². The van der Waals surface area contributed by atoms with Gasteiger partial charge in [0.25, 0.3) is 0 Å². The highest BCUT2D eigenvalue weighted by atomic mass is 16.6. The van der Waals surface area contributed by atoms with Crippen LogP contribution in [-0.4, -0.2) is 250 Å². The Kier molecular flexibility index (Phi) is 32.9. The summed E-state index contributed by atoms with van der Waals surface area (Å²) in [4.78, 5) is 115. The van der Waals surface area contributed by atoms with Gasteiger partial charge in [-0.05, 0) is 55.7 Å². The Morgan fingerprint density at radius 3 is 1.88 bits per heavy atom. The molecule has 88 heavy (non-hydrogen) atoms. The molecule has 0 bridgehead atoms. The molecular formula is C59H98N8O21. The van der Waals surface area contributed by atoms with E-state index in [-0.39, 0.29) is 57.2 Å². The summed E-state index contributed by atoms with van der Waals surface area (Å²) in [5.41, 5.74) is 5.30. The molecule has 29 heteroatoms. The predicted molar refractivity (Wildman–Crippen MR) is 314 cm³/mol. The number of carbonyl (C=O) groups is 8. The Bertz CT molecular complexity index is 2340. The van der Waals surface area contributed by atoms with Crippen molar-refractivity contribution < 1.29 is 103 Å². The second-order valence-electron chi connectivity index (χ2n) is 23.3. The standard InChI is InChI=1S/C59H98N8O21/c1-6-34(2)29-35(3)13-11-9-7-8-10-12-14-46(75)61-40-31-44(73)57(88-28-27-87-26-25-86-24-23-85-22-21-84-5)65-56(81)50-42(71)19-20-66(50)59(83)48(43(72)32-45(60)74)63-55(80)49(52(77)51(76)37-15-17-38(69)18-16-37)64-54(79)41-30-39(70)33-67(41)58(82)47(36(4)68)62-53(40)78/h15-18,34-36,39-44,47-52,57,68-73,76-77H,6-14,19-33H2,1-5H3,(H2,60,74)(H,61,75)(H,62,78)(H,63,80)(H,64,79)(H,65,81)/t34?,35?,36-,39-,40+,41?,42+,43-,44-,47?,48?,49?,50?,51+,52+,57-/m1/s1. The molecule has 1 aromatic carbocycles. The minimum absolute atomic E-state index is 0.0565. The molecule has 16 atom stereocenters. The number of methoxy groups -OCH3 is 1. The van der Waals surface area contributed by atoms with Crippen LogP contribution in [0.5, 0.6) is 5.75 Å². The second-order valence-corrected chi connectivity index (χ2v) is 23.3. The third-order valence-electron chi connectivity index (χ3n) is 16.0. The predicted octanol–water partition coefficient (Wildman–Crippen LogP) is -2.62. The summed E-state index contributed by atoms with van der Waals surface area (Å²) in [5.74, 6) is -8.43. The first-order valence-electron chi connectivity index (χ1n) is 30.7. The zero-order chi connectivity index (χ0) is 65.0. The zero-order valence-corrected chi connectivity index (χ0v) is 51.4. The van der Waals surface area contributed by atoms with E-state index in [0.29, 0.717) is 44.5 Å². The number of fused-ring (bicyclic) bond motifs is 2. The normalized spacial score (nSPS) is 26.5. The maximum atomic E-state index is 14.8. The molecule has 3 aliphatic rings. The van der Waals surface area contributed by atoms with Crippen LogP contribution in [0.15, 0.2) is 24.3 Å². The van der Waals surface area contributed by atoms with Gasteiger partial charge in [0, 0.05) is 39.5 Å². The van der Waals surface area contributed by atoms with E-state index in [4.69, 9.17) is 29.4 Å². The molecule has 0 aliphatic carbocycles. The van der Waals surface area contributed by atoms with Gasteiger partial charge in [0.15, 0.2) is 6.23 Å². The lowest BCUT2D eigenvalue weighted by atomic mass is 9.91. The Labute approximate surface area is 514 Å². The molecule has 500 valence electrons. The summed E-state index contributed by atoms with van der Waals surface area (Å²) in [6.45, 7) is 7.76. The van der Waals surface area contributed by atoms with Crippen LogP contribution < -0.4 is 32.3 Å². The minimum Gasteiger partial charge on any atom is -0.508 e. The number of amides is 8. The van der Waals surface area contributed by atoms with Gasteiger partial charge in [-0.3, -0.25) is 38.4 Å². The van der Waals surface area contributed by atoms with E-state index in [0.717, 1.165) is 67.4 Å². The van der Waals surface area contributed by atoms with Crippen molar-refractivity contribution in [2.45, 2.75) is 203 Å². The fourth-order valence-corrected chi connectivity index (χ4v) is 10.9. The molecule has 8 amide bonds. The topological polar surface area (TPSA) is 437 Å². The van der Waals surface area contributed by atoms with E-state index >= 15 is 0 Å². The van der Waals surface area contributed by atoms with E-state index in [1.54, 1.807) is 7.11 Å². The molecule has 29 nitrogen and oxygen atoms in total. The fourth-order valence-electron chi connectivity index (χ4n) is 10.9.